The number of nitrogens with one attached hydrogen (secondary N) is 2. The molecular formula is C12H16BrClN2O2. The van der Waals surface area contributed by atoms with Crippen molar-refractivity contribution in [1.82, 2.24) is 10.6 Å². The Labute approximate surface area is 121 Å². The molecule has 18 heavy (non-hydrogen) atoms. The van der Waals surface area contributed by atoms with Crippen LogP contribution in [-0.4, -0.2) is 31.7 Å². The van der Waals surface area contributed by atoms with E-state index in [1.807, 2.05) is 24.3 Å². The zero-order chi connectivity index (χ0) is 12.1. The molecular weight excluding hydrogens is 320 g/mol. The van der Waals surface area contributed by atoms with Gasteiger partial charge in [0, 0.05) is 17.6 Å². The first-order valence-electron chi connectivity index (χ1n) is 5.59. The molecule has 0 aromatic heterocycles. The van der Waals surface area contributed by atoms with Crippen molar-refractivity contribution in [3.63, 3.8) is 0 Å². The molecule has 1 atom stereocenters. The highest BCUT2D eigenvalue weighted by Crippen LogP contribution is 2.10. The van der Waals surface area contributed by atoms with Crippen LogP contribution >= 0.6 is 28.3 Å². The molecule has 1 amide bonds. The molecule has 6 heteroatoms. The number of hydrogen-bond donors (Lipinski definition) is 2. The van der Waals surface area contributed by atoms with E-state index < -0.39 is 0 Å². The van der Waals surface area contributed by atoms with Crippen LogP contribution in [0.3, 0.4) is 0 Å². The molecule has 1 aromatic carbocycles. The van der Waals surface area contributed by atoms with Gasteiger partial charge in [-0.3, -0.25) is 4.79 Å². The van der Waals surface area contributed by atoms with E-state index in [1.165, 1.54) is 0 Å². The molecule has 4 nitrogen and oxygen atoms in total. The second-order valence-electron chi connectivity index (χ2n) is 3.93. The van der Waals surface area contributed by atoms with Gasteiger partial charge >= 0.3 is 0 Å². The summed E-state index contributed by atoms with van der Waals surface area (Å²) in [6.07, 6.45) is 0. The van der Waals surface area contributed by atoms with Crippen LogP contribution in [-0.2, 0) is 16.1 Å². The zero-order valence-corrected chi connectivity index (χ0v) is 12.2. The monoisotopic (exact) mass is 334 g/mol. The van der Waals surface area contributed by atoms with Crippen LogP contribution in [0.2, 0.25) is 0 Å². The lowest BCUT2D eigenvalue weighted by molar-refractivity contribution is -0.126. The Morgan fingerprint density at radius 2 is 2.17 bits per heavy atom. The Balaban J connectivity index is 0.00000162. The van der Waals surface area contributed by atoms with Crippen molar-refractivity contribution in [2.24, 2.45) is 0 Å². The van der Waals surface area contributed by atoms with Crippen molar-refractivity contribution >= 4 is 34.2 Å². The Morgan fingerprint density at radius 1 is 1.44 bits per heavy atom. The molecule has 2 rings (SSSR count). The third-order valence-corrected chi connectivity index (χ3v) is 3.15. The van der Waals surface area contributed by atoms with Gasteiger partial charge in [0.2, 0.25) is 5.91 Å². The van der Waals surface area contributed by atoms with E-state index in [9.17, 15) is 4.79 Å². The average molecular weight is 336 g/mol. The lowest BCUT2D eigenvalue weighted by Gasteiger charge is -2.22. The van der Waals surface area contributed by atoms with Gasteiger partial charge in [-0.25, -0.2) is 0 Å². The SMILES string of the molecule is Cl.O=C(NCc1ccc(Br)cc1)C1COCCN1. The molecule has 1 aromatic rings. The predicted molar refractivity (Wildman–Crippen MR) is 75.8 cm³/mol. The molecule has 100 valence electrons. The van der Waals surface area contributed by atoms with Crippen LogP contribution in [0.15, 0.2) is 28.7 Å². The van der Waals surface area contributed by atoms with Gasteiger partial charge in [-0.1, -0.05) is 28.1 Å². The van der Waals surface area contributed by atoms with E-state index in [1.54, 1.807) is 0 Å². The van der Waals surface area contributed by atoms with Crippen LogP contribution < -0.4 is 10.6 Å². The third-order valence-electron chi connectivity index (χ3n) is 2.62. The van der Waals surface area contributed by atoms with Gasteiger partial charge in [0.05, 0.1) is 13.2 Å². The first kappa shape index (κ1) is 15.4. The molecule has 1 aliphatic rings. The number of morpholine rings is 1. The van der Waals surface area contributed by atoms with E-state index >= 15 is 0 Å². The molecule has 0 bridgehead atoms. The summed E-state index contributed by atoms with van der Waals surface area (Å²) >= 11 is 3.37. The Morgan fingerprint density at radius 3 is 2.78 bits per heavy atom. The van der Waals surface area contributed by atoms with Gasteiger partial charge in [0.15, 0.2) is 0 Å². The second-order valence-corrected chi connectivity index (χ2v) is 4.84. The minimum Gasteiger partial charge on any atom is -0.378 e. The smallest absolute Gasteiger partial charge is 0.239 e. The fourth-order valence-electron chi connectivity index (χ4n) is 1.65. The van der Waals surface area contributed by atoms with Crippen LogP contribution in [0, 0.1) is 0 Å². The van der Waals surface area contributed by atoms with Crippen molar-refractivity contribution in [3.05, 3.63) is 34.3 Å². The number of rotatable bonds is 3. The summed E-state index contributed by atoms with van der Waals surface area (Å²) in [5.41, 5.74) is 1.08. The van der Waals surface area contributed by atoms with Crippen LogP contribution in [0.1, 0.15) is 5.56 Å². The maximum atomic E-state index is 11.8. The summed E-state index contributed by atoms with van der Waals surface area (Å²) in [5, 5.41) is 6.01. The van der Waals surface area contributed by atoms with Crippen molar-refractivity contribution < 1.29 is 9.53 Å². The van der Waals surface area contributed by atoms with Gasteiger partial charge in [0.1, 0.15) is 6.04 Å². The zero-order valence-electron chi connectivity index (χ0n) is 9.82. The minimum atomic E-state index is -0.223. The fraction of sp³-hybridized carbons (Fsp3) is 0.417. The summed E-state index contributed by atoms with van der Waals surface area (Å²) in [6, 6.07) is 7.66. The lowest BCUT2D eigenvalue weighted by Crippen LogP contribution is -2.51. The van der Waals surface area contributed by atoms with Gasteiger partial charge in [-0.2, -0.15) is 0 Å². The number of hydrogen-bond acceptors (Lipinski definition) is 3. The van der Waals surface area contributed by atoms with E-state index in [4.69, 9.17) is 4.74 Å². The first-order valence-corrected chi connectivity index (χ1v) is 6.38. The van der Waals surface area contributed by atoms with E-state index in [2.05, 4.69) is 26.6 Å². The predicted octanol–water partition coefficient (Wildman–Crippen LogP) is 1.48. The maximum absolute atomic E-state index is 11.8. The van der Waals surface area contributed by atoms with Gasteiger partial charge in [-0.15, -0.1) is 12.4 Å². The van der Waals surface area contributed by atoms with Gasteiger partial charge in [0.25, 0.3) is 0 Å². The maximum Gasteiger partial charge on any atom is 0.239 e. The molecule has 1 heterocycles. The molecule has 1 aliphatic heterocycles. The molecule has 0 aliphatic carbocycles. The largest absolute Gasteiger partial charge is 0.378 e. The Hall–Kier alpha value is -0.620. The third kappa shape index (κ3) is 4.57. The molecule has 2 N–H and O–H groups in total. The van der Waals surface area contributed by atoms with Crippen LogP contribution in [0.25, 0.3) is 0 Å². The normalized spacial score (nSPS) is 18.8. The van der Waals surface area contributed by atoms with Crippen LogP contribution in [0.5, 0.6) is 0 Å². The van der Waals surface area contributed by atoms with Gasteiger partial charge in [-0.05, 0) is 17.7 Å². The Kier molecular flexibility index (Phi) is 6.63. The summed E-state index contributed by atoms with van der Waals surface area (Å²) in [4.78, 5) is 11.8. The highest BCUT2D eigenvalue weighted by Gasteiger charge is 2.20. The molecule has 1 saturated heterocycles. The highest BCUT2D eigenvalue weighted by atomic mass is 79.9. The summed E-state index contributed by atoms with van der Waals surface area (Å²) in [5.74, 6) is -0.00683. The van der Waals surface area contributed by atoms with E-state index in [0.717, 1.165) is 16.6 Å². The molecule has 1 fully saturated rings. The van der Waals surface area contributed by atoms with E-state index in [-0.39, 0.29) is 24.4 Å². The standard InChI is InChI=1S/C12H15BrN2O2.ClH/c13-10-3-1-9(2-4-10)7-15-12(16)11-8-17-6-5-14-11;/h1-4,11,14H,5-8H2,(H,15,16);1H. The van der Waals surface area contributed by atoms with Crippen molar-refractivity contribution in [1.29, 1.82) is 0 Å². The summed E-state index contributed by atoms with van der Waals surface area (Å²) in [7, 11) is 0. The first-order chi connectivity index (χ1) is 8.25. The van der Waals surface area contributed by atoms with Crippen molar-refractivity contribution in [3.8, 4) is 0 Å². The molecule has 0 saturated carbocycles. The quantitative estimate of drug-likeness (QED) is 0.879. The Bertz CT molecular complexity index is 380. The lowest BCUT2D eigenvalue weighted by atomic mass is 10.2. The number of benzene rings is 1. The summed E-state index contributed by atoms with van der Waals surface area (Å²) < 4.78 is 6.28. The van der Waals surface area contributed by atoms with E-state index in [0.29, 0.717) is 19.8 Å². The fourth-order valence-corrected chi connectivity index (χ4v) is 1.91. The minimum absolute atomic E-state index is 0. The highest BCUT2D eigenvalue weighted by molar-refractivity contribution is 9.10. The number of ether oxygens (including phenoxy) is 1. The second kappa shape index (κ2) is 7.74. The van der Waals surface area contributed by atoms with Crippen LogP contribution in [0.4, 0.5) is 0 Å². The average Bonchev–Trinajstić information content (AvgIpc) is 2.39. The van der Waals surface area contributed by atoms with Crippen molar-refractivity contribution in [2.45, 2.75) is 12.6 Å². The van der Waals surface area contributed by atoms with Crippen molar-refractivity contribution in [2.75, 3.05) is 19.8 Å². The molecule has 0 spiro atoms. The number of carbonyl (C=O) groups is 1. The van der Waals surface area contributed by atoms with Gasteiger partial charge < -0.3 is 15.4 Å². The number of amides is 1. The topological polar surface area (TPSA) is 50.4 Å². The molecule has 0 radical (unpaired) electrons. The number of carbonyl (C=O) groups excluding carboxylic acids is 1. The summed E-state index contributed by atoms with van der Waals surface area (Å²) in [6.45, 7) is 2.41. The number of halogens is 2. The molecule has 1 unspecified atom stereocenters.